The number of hydrogen-bond donors (Lipinski definition) is 1. The molecule has 6 nitrogen and oxygen atoms in total. The molecule has 1 amide bonds. The first-order chi connectivity index (χ1) is 14.4. The van der Waals surface area contributed by atoms with Crippen molar-refractivity contribution in [3.63, 3.8) is 0 Å². The maximum Gasteiger partial charge on any atom is 0.342 e. The van der Waals surface area contributed by atoms with Gasteiger partial charge in [-0.1, -0.05) is 29.8 Å². The van der Waals surface area contributed by atoms with E-state index in [1.165, 1.54) is 23.0 Å². The van der Waals surface area contributed by atoms with Gasteiger partial charge in [0.15, 0.2) is 6.10 Å². The number of ether oxygens (including phenoxy) is 1. The lowest BCUT2D eigenvalue weighted by Gasteiger charge is -2.13. The van der Waals surface area contributed by atoms with E-state index in [-0.39, 0.29) is 23.3 Å². The van der Waals surface area contributed by atoms with Gasteiger partial charge in [0.05, 0.1) is 5.69 Å². The molecule has 0 aliphatic heterocycles. The Morgan fingerprint density at radius 2 is 1.80 bits per heavy atom. The van der Waals surface area contributed by atoms with E-state index in [0.717, 1.165) is 24.0 Å². The Kier molecular flexibility index (Phi) is 5.35. The number of nitrogens with zero attached hydrogens (tertiary/aromatic N) is 2. The molecule has 0 saturated heterocycles. The summed E-state index contributed by atoms with van der Waals surface area (Å²) in [5.41, 5.74) is 3.08. The average molecular weight is 407 g/mol. The molecule has 0 spiro atoms. The second-order valence-corrected chi connectivity index (χ2v) is 7.51. The molecule has 1 heterocycles. The molecule has 1 aliphatic rings. The van der Waals surface area contributed by atoms with E-state index in [0.29, 0.717) is 11.4 Å². The summed E-state index contributed by atoms with van der Waals surface area (Å²) >= 11 is 0. The van der Waals surface area contributed by atoms with Gasteiger partial charge in [-0.3, -0.25) is 4.79 Å². The predicted molar refractivity (Wildman–Crippen MR) is 110 cm³/mol. The summed E-state index contributed by atoms with van der Waals surface area (Å²) in [6.45, 7) is 3.52. The number of esters is 1. The summed E-state index contributed by atoms with van der Waals surface area (Å²) < 4.78 is 20.2. The number of aromatic nitrogens is 2. The molecule has 0 unspecified atom stereocenters. The average Bonchev–Trinajstić information content (AvgIpc) is 3.43. The Morgan fingerprint density at radius 1 is 1.13 bits per heavy atom. The van der Waals surface area contributed by atoms with Crippen molar-refractivity contribution in [1.29, 1.82) is 0 Å². The molecular weight excluding hydrogens is 385 g/mol. The van der Waals surface area contributed by atoms with Crippen LogP contribution in [-0.4, -0.2) is 33.8 Å². The van der Waals surface area contributed by atoms with Crippen LogP contribution < -0.4 is 5.32 Å². The lowest BCUT2D eigenvalue weighted by Crippen LogP contribution is -2.37. The molecule has 1 N–H and O–H groups in total. The molecule has 4 rings (SSSR count). The Labute approximate surface area is 173 Å². The first-order valence-corrected chi connectivity index (χ1v) is 9.85. The highest BCUT2D eigenvalue weighted by atomic mass is 19.1. The second-order valence-electron chi connectivity index (χ2n) is 7.51. The molecular formula is C23H22FN3O3. The van der Waals surface area contributed by atoms with Crippen molar-refractivity contribution in [3.8, 4) is 16.9 Å². The third-order valence-corrected chi connectivity index (χ3v) is 4.93. The van der Waals surface area contributed by atoms with Crippen LogP contribution in [-0.2, 0) is 9.53 Å². The number of aryl methyl sites for hydroxylation is 1. The highest BCUT2D eigenvalue weighted by molar-refractivity contribution is 5.97. The van der Waals surface area contributed by atoms with Crippen LogP contribution in [0.2, 0.25) is 0 Å². The number of amides is 1. The van der Waals surface area contributed by atoms with Crippen molar-refractivity contribution in [2.45, 2.75) is 38.8 Å². The monoisotopic (exact) mass is 407 g/mol. The van der Waals surface area contributed by atoms with Gasteiger partial charge in [0.25, 0.3) is 5.91 Å². The summed E-state index contributed by atoms with van der Waals surface area (Å²) in [6, 6.07) is 13.6. The lowest BCUT2D eigenvalue weighted by atomic mass is 10.1. The normalized spacial score (nSPS) is 14.2. The highest BCUT2D eigenvalue weighted by Crippen LogP contribution is 2.26. The molecule has 7 heteroatoms. The zero-order valence-electron chi connectivity index (χ0n) is 16.8. The van der Waals surface area contributed by atoms with E-state index >= 15 is 0 Å². The molecule has 1 saturated carbocycles. The van der Waals surface area contributed by atoms with Crippen LogP contribution in [0.5, 0.6) is 0 Å². The first-order valence-electron chi connectivity index (χ1n) is 9.85. The molecule has 154 valence electrons. The van der Waals surface area contributed by atoms with E-state index in [9.17, 15) is 14.0 Å². The van der Waals surface area contributed by atoms with Crippen LogP contribution in [0.1, 0.15) is 35.7 Å². The fourth-order valence-electron chi connectivity index (χ4n) is 3.00. The van der Waals surface area contributed by atoms with Crippen molar-refractivity contribution in [2.24, 2.45) is 0 Å². The van der Waals surface area contributed by atoms with E-state index in [1.54, 1.807) is 19.1 Å². The number of benzene rings is 2. The molecule has 2 aromatic carbocycles. The van der Waals surface area contributed by atoms with E-state index in [2.05, 4.69) is 10.4 Å². The Hall–Kier alpha value is -3.48. The molecule has 0 radical (unpaired) electrons. The van der Waals surface area contributed by atoms with Gasteiger partial charge in [0.2, 0.25) is 0 Å². The molecule has 1 atom stereocenters. The smallest absolute Gasteiger partial charge is 0.342 e. The van der Waals surface area contributed by atoms with Gasteiger partial charge in [0, 0.05) is 17.8 Å². The van der Waals surface area contributed by atoms with Gasteiger partial charge in [-0.05, 0) is 51.0 Å². The van der Waals surface area contributed by atoms with Crippen molar-refractivity contribution in [2.75, 3.05) is 0 Å². The van der Waals surface area contributed by atoms with Gasteiger partial charge < -0.3 is 10.1 Å². The maximum atomic E-state index is 13.3. The highest BCUT2D eigenvalue weighted by Gasteiger charge is 2.28. The zero-order chi connectivity index (χ0) is 21.3. The fraction of sp³-hybridized carbons (Fsp3) is 0.261. The SMILES string of the molecule is Cc1ccc(-c2nn(-c3ccc(F)cc3)cc2C(=O)O[C@@H](C)C(=O)NC2CC2)cc1. The standard InChI is InChI=1S/C23H22FN3O3/c1-14-3-5-16(6-4-14)21-20(13-27(26-21)19-11-7-17(24)8-12-19)23(29)30-15(2)22(28)25-18-9-10-18/h3-8,11-13,15,18H,9-10H2,1-2H3,(H,25,28)/t15-/m0/s1. The van der Waals surface area contributed by atoms with E-state index in [1.807, 2.05) is 31.2 Å². The summed E-state index contributed by atoms with van der Waals surface area (Å²) in [7, 11) is 0. The number of rotatable bonds is 6. The molecule has 30 heavy (non-hydrogen) atoms. The van der Waals surface area contributed by atoms with Gasteiger partial charge >= 0.3 is 5.97 Å². The minimum atomic E-state index is -0.918. The number of nitrogens with one attached hydrogen (secondary N) is 1. The summed E-state index contributed by atoms with van der Waals surface area (Å²) in [5, 5.41) is 7.36. The number of carbonyl (C=O) groups is 2. The Balaban J connectivity index is 1.65. The second kappa shape index (κ2) is 8.10. The minimum absolute atomic E-state index is 0.183. The van der Waals surface area contributed by atoms with Gasteiger partial charge in [-0.25, -0.2) is 13.9 Å². The van der Waals surface area contributed by atoms with Gasteiger partial charge in [-0.2, -0.15) is 5.10 Å². The first kappa shape index (κ1) is 19.8. The fourth-order valence-corrected chi connectivity index (χ4v) is 3.00. The van der Waals surface area contributed by atoms with Crippen LogP contribution in [0.4, 0.5) is 4.39 Å². The van der Waals surface area contributed by atoms with Gasteiger partial charge in [0.1, 0.15) is 17.1 Å². The van der Waals surface area contributed by atoms with Crippen molar-refractivity contribution in [1.82, 2.24) is 15.1 Å². The van der Waals surface area contributed by atoms with Crippen LogP contribution in [0.15, 0.2) is 54.7 Å². The van der Waals surface area contributed by atoms with Crippen molar-refractivity contribution < 1.29 is 18.7 Å². The predicted octanol–water partition coefficient (Wildman–Crippen LogP) is 3.81. The largest absolute Gasteiger partial charge is 0.449 e. The summed E-state index contributed by atoms with van der Waals surface area (Å²) in [5.74, 6) is -1.31. The summed E-state index contributed by atoms with van der Waals surface area (Å²) in [6.07, 6.45) is 2.53. The lowest BCUT2D eigenvalue weighted by molar-refractivity contribution is -0.129. The topological polar surface area (TPSA) is 73.2 Å². The Morgan fingerprint density at radius 3 is 2.43 bits per heavy atom. The maximum absolute atomic E-state index is 13.3. The van der Waals surface area contributed by atoms with Crippen molar-refractivity contribution >= 4 is 11.9 Å². The number of carbonyl (C=O) groups excluding carboxylic acids is 2. The molecule has 3 aromatic rings. The van der Waals surface area contributed by atoms with Crippen LogP contribution in [0, 0.1) is 12.7 Å². The minimum Gasteiger partial charge on any atom is -0.449 e. The van der Waals surface area contributed by atoms with Crippen LogP contribution >= 0.6 is 0 Å². The number of hydrogen-bond acceptors (Lipinski definition) is 4. The van der Waals surface area contributed by atoms with Crippen LogP contribution in [0.25, 0.3) is 16.9 Å². The third kappa shape index (κ3) is 4.40. The van der Waals surface area contributed by atoms with E-state index < -0.39 is 12.1 Å². The Bertz CT molecular complexity index is 1070. The number of halogens is 1. The zero-order valence-corrected chi connectivity index (χ0v) is 16.8. The molecule has 1 aromatic heterocycles. The molecule has 1 aliphatic carbocycles. The third-order valence-electron chi connectivity index (χ3n) is 4.93. The van der Waals surface area contributed by atoms with Crippen molar-refractivity contribution in [3.05, 3.63) is 71.7 Å². The quantitative estimate of drug-likeness (QED) is 0.631. The van der Waals surface area contributed by atoms with E-state index in [4.69, 9.17) is 4.74 Å². The molecule has 0 bridgehead atoms. The summed E-state index contributed by atoms with van der Waals surface area (Å²) in [4.78, 5) is 25.1. The molecule has 1 fully saturated rings. The van der Waals surface area contributed by atoms with Gasteiger partial charge in [-0.15, -0.1) is 0 Å². The van der Waals surface area contributed by atoms with Crippen LogP contribution in [0.3, 0.4) is 0 Å².